The monoisotopic (exact) mass is 425 g/mol. The fraction of sp³-hybridized carbons (Fsp3) is 0.125. The first-order valence-electron chi connectivity index (χ1n) is 9.21. The van der Waals surface area contributed by atoms with Crippen LogP contribution in [0.1, 0.15) is 23.5 Å². The summed E-state index contributed by atoms with van der Waals surface area (Å²) in [6.07, 6.45) is 1.95. The van der Waals surface area contributed by atoms with Crippen LogP contribution in [0, 0.1) is 0 Å². The van der Waals surface area contributed by atoms with Crippen molar-refractivity contribution >= 4 is 40.5 Å². The second-order valence-corrected chi connectivity index (χ2v) is 7.43. The molecule has 0 fully saturated rings. The topological polar surface area (TPSA) is 40.5 Å². The normalized spacial score (nSPS) is 11.7. The van der Waals surface area contributed by atoms with Gasteiger partial charge in [0.05, 0.1) is 21.7 Å². The molecular formula is C24H21Cl2NO2. The Bertz CT molecular complexity index is 985. The van der Waals surface area contributed by atoms with Gasteiger partial charge < -0.3 is 10.0 Å². The van der Waals surface area contributed by atoms with Crippen LogP contribution in [0.3, 0.4) is 0 Å². The number of anilines is 2. The lowest BCUT2D eigenvalue weighted by atomic mass is 9.93. The molecule has 3 rings (SSSR count). The minimum Gasteiger partial charge on any atom is -0.481 e. The fourth-order valence-corrected chi connectivity index (χ4v) is 3.95. The van der Waals surface area contributed by atoms with Gasteiger partial charge in [0.25, 0.3) is 0 Å². The van der Waals surface area contributed by atoms with Gasteiger partial charge in [-0.3, -0.25) is 4.79 Å². The van der Waals surface area contributed by atoms with E-state index in [2.05, 4.69) is 6.58 Å². The molecule has 0 aliphatic rings. The zero-order valence-electron chi connectivity index (χ0n) is 15.8. The molecule has 1 unspecified atom stereocenters. The molecule has 148 valence electrons. The first-order valence-corrected chi connectivity index (χ1v) is 9.96. The largest absolute Gasteiger partial charge is 0.481 e. The van der Waals surface area contributed by atoms with Gasteiger partial charge in [0, 0.05) is 12.2 Å². The van der Waals surface area contributed by atoms with E-state index in [0.29, 0.717) is 34.3 Å². The van der Waals surface area contributed by atoms with E-state index in [1.54, 1.807) is 24.3 Å². The van der Waals surface area contributed by atoms with Crippen molar-refractivity contribution in [3.8, 4) is 0 Å². The van der Waals surface area contributed by atoms with Crippen molar-refractivity contribution in [2.75, 3.05) is 4.90 Å². The van der Waals surface area contributed by atoms with Crippen molar-refractivity contribution in [2.45, 2.75) is 18.9 Å². The first-order chi connectivity index (χ1) is 14.0. The summed E-state index contributed by atoms with van der Waals surface area (Å²) < 4.78 is 0. The van der Waals surface area contributed by atoms with Gasteiger partial charge in [0.15, 0.2) is 0 Å². The minimum atomic E-state index is -0.901. The molecule has 0 radical (unpaired) electrons. The van der Waals surface area contributed by atoms with Crippen LogP contribution in [0.5, 0.6) is 0 Å². The molecule has 3 aromatic carbocycles. The number of hydrogen-bond donors (Lipinski definition) is 1. The summed E-state index contributed by atoms with van der Waals surface area (Å²) in [6, 6.07) is 22.7. The van der Waals surface area contributed by atoms with Gasteiger partial charge in [-0.15, -0.1) is 6.58 Å². The van der Waals surface area contributed by atoms with Crippen LogP contribution >= 0.6 is 23.2 Å². The van der Waals surface area contributed by atoms with E-state index in [0.717, 1.165) is 11.3 Å². The summed E-state index contributed by atoms with van der Waals surface area (Å²) in [4.78, 5) is 14.0. The predicted molar refractivity (Wildman–Crippen MR) is 120 cm³/mol. The molecule has 0 bridgehead atoms. The number of hydrogen-bond acceptors (Lipinski definition) is 2. The fourth-order valence-electron chi connectivity index (χ4n) is 3.35. The molecule has 0 saturated carbocycles. The number of nitrogens with zero attached hydrogens (tertiary/aromatic N) is 1. The van der Waals surface area contributed by atoms with E-state index in [-0.39, 0.29) is 0 Å². The Labute approximate surface area is 180 Å². The summed E-state index contributed by atoms with van der Waals surface area (Å²) in [5.41, 5.74) is 3.14. The lowest BCUT2D eigenvalue weighted by Gasteiger charge is -2.30. The maximum Gasteiger partial charge on any atom is 0.311 e. The lowest BCUT2D eigenvalue weighted by molar-refractivity contribution is -0.138. The second kappa shape index (κ2) is 9.64. The zero-order valence-corrected chi connectivity index (χ0v) is 17.3. The van der Waals surface area contributed by atoms with Gasteiger partial charge in [-0.2, -0.15) is 0 Å². The molecule has 3 aromatic rings. The average molecular weight is 426 g/mol. The summed E-state index contributed by atoms with van der Waals surface area (Å²) in [7, 11) is 0. The second-order valence-electron chi connectivity index (χ2n) is 6.62. The molecule has 5 heteroatoms. The Hall–Kier alpha value is -2.75. The zero-order chi connectivity index (χ0) is 20.8. The van der Waals surface area contributed by atoms with Crippen LogP contribution < -0.4 is 4.90 Å². The lowest BCUT2D eigenvalue weighted by Crippen LogP contribution is -2.21. The molecule has 0 aliphatic carbocycles. The van der Waals surface area contributed by atoms with E-state index in [4.69, 9.17) is 23.2 Å². The van der Waals surface area contributed by atoms with Crippen molar-refractivity contribution in [2.24, 2.45) is 0 Å². The number of aliphatic carboxylic acids is 1. The van der Waals surface area contributed by atoms with Gasteiger partial charge in [-0.1, -0.05) is 83.9 Å². The van der Waals surface area contributed by atoms with E-state index >= 15 is 0 Å². The third-order valence-corrected chi connectivity index (χ3v) is 5.30. The Balaban J connectivity index is 2.20. The summed E-state index contributed by atoms with van der Waals surface area (Å²) >= 11 is 13.1. The standard InChI is InChI=1S/C24H21Cl2NO2/c1-2-9-19(24(28)29)18-12-6-7-15-22(18)27(16-17-10-4-3-5-11-17)23-20(25)13-8-14-21(23)26/h2-8,10-15,19H,1,9,16H2,(H,28,29). The summed E-state index contributed by atoms with van der Waals surface area (Å²) in [5.74, 6) is -1.62. The van der Waals surface area contributed by atoms with Gasteiger partial charge in [0.1, 0.15) is 0 Å². The average Bonchev–Trinajstić information content (AvgIpc) is 2.72. The molecule has 0 amide bonds. The predicted octanol–water partition coefficient (Wildman–Crippen LogP) is 7.08. The van der Waals surface area contributed by atoms with Crippen molar-refractivity contribution < 1.29 is 9.90 Å². The van der Waals surface area contributed by atoms with Gasteiger partial charge in [-0.05, 0) is 35.7 Å². The molecule has 29 heavy (non-hydrogen) atoms. The number of carboxylic acid groups (broad SMARTS) is 1. The highest BCUT2D eigenvalue weighted by atomic mass is 35.5. The van der Waals surface area contributed by atoms with E-state index in [1.165, 1.54) is 0 Å². The number of benzene rings is 3. The van der Waals surface area contributed by atoms with Crippen LogP contribution in [0.15, 0.2) is 85.5 Å². The highest BCUT2D eigenvalue weighted by Crippen LogP contribution is 2.42. The molecule has 0 aromatic heterocycles. The van der Waals surface area contributed by atoms with Crippen LogP contribution in [-0.2, 0) is 11.3 Å². The van der Waals surface area contributed by atoms with Gasteiger partial charge >= 0.3 is 5.97 Å². The molecular weight excluding hydrogens is 405 g/mol. The summed E-state index contributed by atoms with van der Waals surface area (Å²) in [5, 5.41) is 10.8. The Morgan fingerprint density at radius 1 is 0.966 bits per heavy atom. The SMILES string of the molecule is C=CCC(C(=O)O)c1ccccc1N(Cc1ccccc1)c1c(Cl)cccc1Cl. The molecule has 1 N–H and O–H groups in total. The smallest absolute Gasteiger partial charge is 0.311 e. The van der Waals surface area contributed by atoms with Crippen LogP contribution in [0.2, 0.25) is 10.0 Å². The first kappa shape index (κ1) is 21.0. The number of halogens is 2. The Morgan fingerprint density at radius 2 is 1.59 bits per heavy atom. The number of para-hydroxylation sites is 2. The molecule has 0 aliphatic heterocycles. The van der Waals surface area contributed by atoms with Crippen molar-refractivity contribution in [3.63, 3.8) is 0 Å². The van der Waals surface area contributed by atoms with E-state index in [1.807, 2.05) is 59.5 Å². The maximum atomic E-state index is 12.0. The maximum absolute atomic E-state index is 12.0. The highest BCUT2D eigenvalue weighted by molar-refractivity contribution is 6.39. The van der Waals surface area contributed by atoms with Crippen molar-refractivity contribution in [1.82, 2.24) is 0 Å². The van der Waals surface area contributed by atoms with Crippen molar-refractivity contribution in [3.05, 3.63) is 107 Å². The van der Waals surface area contributed by atoms with E-state index in [9.17, 15) is 9.90 Å². The Kier molecular flexibility index (Phi) is 6.97. The van der Waals surface area contributed by atoms with E-state index < -0.39 is 11.9 Å². The minimum absolute atomic E-state index is 0.321. The highest BCUT2D eigenvalue weighted by Gasteiger charge is 2.26. The quantitative estimate of drug-likeness (QED) is 0.392. The van der Waals surface area contributed by atoms with Crippen LogP contribution in [-0.4, -0.2) is 11.1 Å². The number of carboxylic acids is 1. The van der Waals surface area contributed by atoms with Crippen molar-refractivity contribution in [1.29, 1.82) is 0 Å². The van der Waals surface area contributed by atoms with Crippen LogP contribution in [0.25, 0.3) is 0 Å². The van der Waals surface area contributed by atoms with Gasteiger partial charge in [0.2, 0.25) is 0 Å². The van der Waals surface area contributed by atoms with Crippen LogP contribution in [0.4, 0.5) is 11.4 Å². The van der Waals surface area contributed by atoms with Gasteiger partial charge in [-0.25, -0.2) is 0 Å². The molecule has 0 saturated heterocycles. The Morgan fingerprint density at radius 3 is 2.21 bits per heavy atom. The molecule has 1 atom stereocenters. The number of rotatable bonds is 8. The number of carbonyl (C=O) groups is 1. The molecule has 3 nitrogen and oxygen atoms in total. The summed E-state index contributed by atoms with van der Waals surface area (Å²) in [6.45, 7) is 4.21. The third kappa shape index (κ3) is 4.81. The molecule has 0 spiro atoms. The number of allylic oxidation sites excluding steroid dienone is 1. The molecule has 0 heterocycles. The third-order valence-electron chi connectivity index (χ3n) is 4.69.